The van der Waals surface area contributed by atoms with Crippen LogP contribution in [0.5, 0.6) is 5.75 Å². The highest BCUT2D eigenvalue weighted by atomic mass is 16.6. The van der Waals surface area contributed by atoms with Gasteiger partial charge < -0.3 is 10.1 Å². The molecular weight excluding hydrogens is 248 g/mol. The molecule has 1 aliphatic heterocycles. The highest BCUT2D eigenvalue weighted by molar-refractivity contribution is 5.77. The van der Waals surface area contributed by atoms with E-state index in [1.807, 2.05) is 6.92 Å². The molecule has 0 spiro atoms. The van der Waals surface area contributed by atoms with Crippen molar-refractivity contribution in [2.75, 3.05) is 6.61 Å². The largest absolute Gasteiger partial charge is 0.494 e. The number of amides is 1. The monoisotopic (exact) mass is 264 g/mol. The number of carbonyl (C=O) groups excluding carboxylic acids is 1. The lowest BCUT2D eigenvalue weighted by molar-refractivity contribution is -0.529. The fourth-order valence-electron chi connectivity index (χ4n) is 2.32. The molecule has 1 fully saturated rings. The Bertz CT molecular complexity index is 489. The van der Waals surface area contributed by atoms with Crippen molar-refractivity contribution in [2.24, 2.45) is 0 Å². The van der Waals surface area contributed by atoms with Crippen LogP contribution in [0.4, 0.5) is 0 Å². The molecule has 1 N–H and O–H groups in total. The van der Waals surface area contributed by atoms with Crippen LogP contribution in [-0.2, 0) is 4.79 Å². The van der Waals surface area contributed by atoms with Crippen molar-refractivity contribution < 1.29 is 14.5 Å². The van der Waals surface area contributed by atoms with Crippen molar-refractivity contribution in [3.8, 4) is 5.75 Å². The Morgan fingerprint density at radius 2 is 2.21 bits per heavy atom. The second-order valence-corrected chi connectivity index (χ2v) is 4.41. The summed E-state index contributed by atoms with van der Waals surface area (Å²) in [5, 5.41) is 13.8. The Kier molecular flexibility index (Phi) is 3.99. The first-order chi connectivity index (χ1) is 9.13. The Balaban J connectivity index is 2.35. The van der Waals surface area contributed by atoms with E-state index in [1.165, 1.54) is 0 Å². The molecule has 0 radical (unpaired) electrons. The van der Waals surface area contributed by atoms with Gasteiger partial charge >= 0.3 is 0 Å². The summed E-state index contributed by atoms with van der Waals surface area (Å²) in [7, 11) is 0. The SMILES string of the molecule is CCOc1ccccc1C1NC(=O)CCC1[N+](=O)[O-]. The zero-order valence-corrected chi connectivity index (χ0v) is 10.7. The molecule has 0 bridgehead atoms. The Labute approximate surface area is 110 Å². The third-order valence-electron chi connectivity index (χ3n) is 3.19. The van der Waals surface area contributed by atoms with Gasteiger partial charge in [0.15, 0.2) is 0 Å². The summed E-state index contributed by atoms with van der Waals surface area (Å²) in [6.45, 7) is 2.32. The first-order valence-electron chi connectivity index (χ1n) is 6.28. The average Bonchev–Trinajstić information content (AvgIpc) is 2.39. The molecule has 6 nitrogen and oxygen atoms in total. The number of nitrogens with one attached hydrogen (secondary N) is 1. The zero-order valence-electron chi connectivity index (χ0n) is 10.7. The number of para-hydroxylation sites is 1. The summed E-state index contributed by atoms with van der Waals surface area (Å²) in [5.74, 6) is 0.429. The van der Waals surface area contributed by atoms with Crippen LogP contribution in [0, 0.1) is 10.1 Å². The molecule has 0 saturated carbocycles. The maximum absolute atomic E-state index is 11.5. The van der Waals surface area contributed by atoms with E-state index in [2.05, 4.69) is 5.32 Å². The minimum Gasteiger partial charge on any atom is -0.494 e. The Hall–Kier alpha value is -2.11. The van der Waals surface area contributed by atoms with E-state index < -0.39 is 12.1 Å². The third kappa shape index (κ3) is 2.83. The van der Waals surface area contributed by atoms with E-state index >= 15 is 0 Å². The maximum atomic E-state index is 11.5. The quantitative estimate of drug-likeness (QED) is 0.662. The van der Waals surface area contributed by atoms with Gasteiger partial charge in [-0.15, -0.1) is 0 Å². The van der Waals surface area contributed by atoms with Crippen LogP contribution < -0.4 is 10.1 Å². The first kappa shape index (κ1) is 13.3. The number of rotatable bonds is 4. The van der Waals surface area contributed by atoms with Gasteiger partial charge in [-0.2, -0.15) is 0 Å². The lowest BCUT2D eigenvalue weighted by Crippen LogP contribution is -2.45. The van der Waals surface area contributed by atoms with E-state index in [1.54, 1.807) is 24.3 Å². The number of benzene rings is 1. The highest BCUT2D eigenvalue weighted by Crippen LogP contribution is 2.32. The molecule has 2 atom stereocenters. The highest BCUT2D eigenvalue weighted by Gasteiger charge is 2.39. The van der Waals surface area contributed by atoms with E-state index in [9.17, 15) is 14.9 Å². The minimum absolute atomic E-state index is 0.158. The smallest absolute Gasteiger partial charge is 0.237 e. The van der Waals surface area contributed by atoms with Crippen LogP contribution in [-0.4, -0.2) is 23.5 Å². The van der Waals surface area contributed by atoms with Crippen molar-refractivity contribution in [2.45, 2.75) is 31.8 Å². The third-order valence-corrected chi connectivity index (χ3v) is 3.19. The summed E-state index contributed by atoms with van der Waals surface area (Å²) in [6, 6.07) is 5.68. The molecule has 102 valence electrons. The molecule has 1 aliphatic rings. The molecule has 2 unspecified atom stereocenters. The van der Waals surface area contributed by atoms with Gasteiger partial charge in [0.05, 0.1) is 6.61 Å². The van der Waals surface area contributed by atoms with Crippen molar-refractivity contribution >= 4 is 5.91 Å². The van der Waals surface area contributed by atoms with Gasteiger partial charge in [0.2, 0.25) is 11.9 Å². The van der Waals surface area contributed by atoms with Crippen LogP contribution in [0.2, 0.25) is 0 Å². The summed E-state index contributed by atoms with van der Waals surface area (Å²) in [5.41, 5.74) is 0.666. The summed E-state index contributed by atoms with van der Waals surface area (Å²) < 4.78 is 5.48. The van der Waals surface area contributed by atoms with E-state index in [-0.39, 0.29) is 23.7 Å². The van der Waals surface area contributed by atoms with Crippen LogP contribution in [0.1, 0.15) is 31.4 Å². The van der Waals surface area contributed by atoms with Crippen LogP contribution in [0.3, 0.4) is 0 Å². The maximum Gasteiger partial charge on any atom is 0.237 e. The van der Waals surface area contributed by atoms with Gasteiger partial charge in [0, 0.05) is 23.3 Å². The van der Waals surface area contributed by atoms with Gasteiger partial charge in [-0.1, -0.05) is 18.2 Å². The molecule has 1 saturated heterocycles. The Morgan fingerprint density at radius 1 is 1.47 bits per heavy atom. The van der Waals surface area contributed by atoms with E-state index in [4.69, 9.17) is 4.74 Å². The summed E-state index contributed by atoms with van der Waals surface area (Å²) in [4.78, 5) is 22.3. The van der Waals surface area contributed by atoms with Gasteiger partial charge in [0.25, 0.3) is 0 Å². The van der Waals surface area contributed by atoms with Crippen molar-refractivity contribution in [1.29, 1.82) is 0 Å². The van der Waals surface area contributed by atoms with Crippen LogP contribution in [0.15, 0.2) is 24.3 Å². The fraction of sp³-hybridized carbons (Fsp3) is 0.462. The van der Waals surface area contributed by atoms with E-state index in [0.29, 0.717) is 17.9 Å². The molecule has 0 aliphatic carbocycles. The number of hydrogen-bond acceptors (Lipinski definition) is 4. The molecule has 1 heterocycles. The molecule has 2 rings (SSSR count). The first-order valence-corrected chi connectivity index (χ1v) is 6.28. The van der Waals surface area contributed by atoms with Gasteiger partial charge in [0.1, 0.15) is 11.8 Å². The standard InChI is InChI=1S/C13H16N2O4/c1-2-19-11-6-4-3-5-9(11)13-10(15(17)18)7-8-12(16)14-13/h3-6,10,13H,2,7-8H2,1H3,(H,14,16). The van der Waals surface area contributed by atoms with Crippen molar-refractivity contribution in [1.82, 2.24) is 5.32 Å². The summed E-state index contributed by atoms with van der Waals surface area (Å²) in [6.07, 6.45) is 0.447. The molecule has 1 amide bonds. The summed E-state index contributed by atoms with van der Waals surface area (Å²) >= 11 is 0. The molecule has 0 aromatic heterocycles. The predicted molar refractivity (Wildman–Crippen MR) is 68.5 cm³/mol. The lowest BCUT2D eigenvalue weighted by Gasteiger charge is -2.28. The van der Waals surface area contributed by atoms with Gasteiger partial charge in [-0.25, -0.2) is 0 Å². The van der Waals surface area contributed by atoms with Crippen LogP contribution >= 0.6 is 0 Å². The van der Waals surface area contributed by atoms with Gasteiger partial charge in [-0.05, 0) is 13.0 Å². The van der Waals surface area contributed by atoms with E-state index in [0.717, 1.165) is 0 Å². The minimum atomic E-state index is -0.806. The topological polar surface area (TPSA) is 81.5 Å². The van der Waals surface area contributed by atoms with Crippen LogP contribution in [0.25, 0.3) is 0 Å². The number of nitro groups is 1. The molecule has 6 heteroatoms. The molecular formula is C13H16N2O4. The number of piperidine rings is 1. The fourth-order valence-corrected chi connectivity index (χ4v) is 2.32. The molecule has 1 aromatic rings. The number of carbonyl (C=O) groups is 1. The second-order valence-electron chi connectivity index (χ2n) is 4.41. The van der Waals surface area contributed by atoms with Gasteiger partial charge in [-0.3, -0.25) is 14.9 Å². The molecule has 1 aromatic carbocycles. The number of hydrogen-bond donors (Lipinski definition) is 1. The molecule has 19 heavy (non-hydrogen) atoms. The Morgan fingerprint density at radius 3 is 2.89 bits per heavy atom. The normalized spacial score (nSPS) is 22.7. The number of nitrogens with zero attached hydrogens (tertiary/aromatic N) is 1. The predicted octanol–water partition coefficient (Wildman–Crippen LogP) is 1.68. The number of ether oxygens (including phenoxy) is 1. The average molecular weight is 264 g/mol. The lowest BCUT2D eigenvalue weighted by atomic mass is 9.92. The zero-order chi connectivity index (χ0) is 13.8. The van der Waals surface area contributed by atoms with Crippen molar-refractivity contribution in [3.63, 3.8) is 0 Å². The second kappa shape index (κ2) is 5.69. The van der Waals surface area contributed by atoms with Crippen molar-refractivity contribution in [3.05, 3.63) is 39.9 Å².